The molecule has 1 atom stereocenters. The monoisotopic (exact) mass is 543 g/mol. The molecule has 0 aliphatic heterocycles. The Bertz CT molecular complexity index is 1370. The average molecular weight is 544 g/mol. The highest BCUT2D eigenvalue weighted by Crippen LogP contribution is 2.32. The Balaban J connectivity index is 1.35. The molecule has 0 bridgehead atoms. The number of hydrogen-bond donors (Lipinski definition) is 3. The Morgan fingerprint density at radius 3 is 2.22 bits per heavy atom. The lowest BCUT2D eigenvalue weighted by atomic mass is 10.1. The standard InChI is InChI=1S/C27H21ClF3N3O2S/c28-24-15-10-20(27(29,30)31)16-19(24)17-32-26(35)33-21-11-13-22(14-12-21)34-37(36)25-9-5-4-8-23(25)18-6-2-1-3-7-18/h1-16,34H,17H2,(H2,32,33,35). The van der Waals surface area contributed by atoms with Crippen LogP contribution in [0.3, 0.4) is 0 Å². The summed E-state index contributed by atoms with van der Waals surface area (Å²) < 4.78 is 54.8. The van der Waals surface area contributed by atoms with Crippen LogP contribution in [-0.2, 0) is 24.1 Å². The summed E-state index contributed by atoms with van der Waals surface area (Å²) >= 11 is 4.43. The van der Waals surface area contributed by atoms with Crippen molar-refractivity contribution in [1.82, 2.24) is 5.32 Å². The summed E-state index contributed by atoms with van der Waals surface area (Å²) in [5, 5.41) is 5.21. The van der Waals surface area contributed by atoms with Gasteiger partial charge in [0.1, 0.15) is 11.4 Å². The molecular formula is C27H21ClF3N3O2S. The van der Waals surface area contributed by atoms with Gasteiger partial charge in [-0.3, -0.25) is 0 Å². The summed E-state index contributed by atoms with van der Waals surface area (Å²) in [6, 6.07) is 25.9. The van der Waals surface area contributed by atoms with Crippen molar-refractivity contribution in [3.05, 3.63) is 113 Å². The average Bonchev–Trinajstić information content (AvgIpc) is 2.89. The number of carbonyl (C=O) groups excluding carboxylic acids is 1. The highest BCUT2D eigenvalue weighted by atomic mass is 35.5. The van der Waals surface area contributed by atoms with E-state index in [1.54, 1.807) is 30.3 Å². The van der Waals surface area contributed by atoms with E-state index in [9.17, 15) is 22.5 Å². The van der Waals surface area contributed by atoms with Crippen molar-refractivity contribution in [2.24, 2.45) is 0 Å². The van der Waals surface area contributed by atoms with E-state index in [1.165, 1.54) is 0 Å². The predicted molar refractivity (Wildman–Crippen MR) is 141 cm³/mol. The molecule has 10 heteroatoms. The second-order valence-corrected chi connectivity index (χ2v) is 9.51. The van der Waals surface area contributed by atoms with Crippen LogP contribution in [0, 0.1) is 0 Å². The lowest BCUT2D eigenvalue weighted by Gasteiger charge is -2.15. The number of halogens is 4. The third-order valence-electron chi connectivity index (χ3n) is 5.34. The van der Waals surface area contributed by atoms with Gasteiger partial charge in [0, 0.05) is 22.8 Å². The van der Waals surface area contributed by atoms with Crippen molar-refractivity contribution in [2.45, 2.75) is 17.6 Å². The molecule has 4 rings (SSSR count). The largest absolute Gasteiger partial charge is 0.588 e. The van der Waals surface area contributed by atoms with Gasteiger partial charge in [-0.25, -0.2) is 9.52 Å². The lowest BCUT2D eigenvalue weighted by molar-refractivity contribution is -0.137. The van der Waals surface area contributed by atoms with Crippen LogP contribution in [0.1, 0.15) is 11.1 Å². The van der Waals surface area contributed by atoms with Crippen LogP contribution in [0.4, 0.5) is 29.3 Å². The van der Waals surface area contributed by atoms with Crippen molar-refractivity contribution in [1.29, 1.82) is 0 Å². The van der Waals surface area contributed by atoms with E-state index in [0.717, 1.165) is 29.3 Å². The first-order valence-corrected chi connectivity index (χ1v) is 12.6. The van der Waals surface area contributed by atoms with Crippen LogP contribution in [0.25, 0.3) is 11.1 Å². The zero-order valence-electron chi connectivity index (χ0n) is 19.2. The van der Waals surface area contributed by atoms with Gasteiger partial charge < -0.3 is 15.2 Å². The maximum Gasteiger partial charge on any atom is 0.416 e. The van der Waals surface area contributed by atoms with E-state index in [-0.39, 0.29) is 17.1 Å². The van der Waals surface area contributed by atoms with Crippen LogP contribution in [0.2, 0.25) is 5.02 Å². The molecule has 2 amide bonds. The van der Waals surface area contributed by atoms with E-state index in [4.69, 9.17) is 11.6 Å². The first-order chi connectivity index (χ1) is 17.7. The molecule has 4 aromatic rings. The van der Waals surface area contributed by atoms with Crippen molar-refractivity contribution < 1.29 is 22.5 Å². The second kappa shape index (κ2) is 11.6. The summed E-state index contributed by atoms with van der Waals surface area (Å²) in [6.45, 7) is -0.186. The predicted octanol–water partition coefficient (Wildman–Crippen LogP) is 7.48. The molecule has 0 aliphatic carbocycles. The molecule has 0 aromatic heterocycles. The van der Waals surface area contributed by atoms with Crippen LogP contribution in [-0.4, -0.2) is 10.6 Å². The Hall–Kier alpha value is -3.66. The number of anilines is 2. The summed E-state index contributed by atoms with van der Waals surface area (Å²) in [4.78, 5) is 12.9. The first-order valence-electron chi connectivity index (χ1n) is 11.0. The number of nitrogens with one attached hydrogen (secondary N) is 3. The number of rotatable bonds is 7. The van der Waals surface area contributed by atoms with Crippen molar-refractivity contribution in [2.75, 3.05) is 10.0 Å². The van der Waals surface area contributed by atoms with Gasteiger partial charge in [0.15, 0.2) is 4.90 Å². The van der Waals surface area contributed by atoms with Crippen molar-refractivity contribution >= 4 is 40.4 Å². The number of hydrogen-bond acceptors (Lipinski definition) is 3. The molecular weight excluding hydrogens is 523 g/mol. The molecule has 3 N–H and O–H groups in total. The summed E-state index contributed by atoms with van der Waals surface area (Å²) in [7, 11) is 0. The minimum Gasteiger partial charge on any atom is -0.588 e. The number of benzene rings is 4. The van der Waals surface area contributed by atoms with Crippen molar-refractivity contribution in [3.63, 3.8) is 0 Å². The fraction of sp³-hybridized carbons (Fsp3) is 0.0741. The van der Waals surface area contributed by atoms with Gasteiger partial charge in [0.05, 0.1) is 11.3 Å². The Labute approximate surface area is 220 Å². The molecule has 5 nitrogen and oxygen atoms in total. The zero-order valence-corrected chi connectivity index (χ0v) is 20.8. The SMILES string of the molecule is O=C(NCc1cc(C(F)(F)F)ccc1Cl)Nc1ccc(N[S+]([O-])c2ccccc2-c2ccccc2)cc1. The third-order valence-corrected chi connectivity index (χ3v) is 6.88. The number of urea groups is 1. The summed E-state index contributed by atoms with van der Waals surface area (Å²) in [5.74, 6) is 0. The van der Waals surface area contributed by atoms with Crippen LogP contribution < -0.4 is 15.4 Å². The molecule has 0 heterocycles. The van der Waals surface area contributed by atoms with Gasteiger partial charge in [-0.2, -0.15) is 13.2 Å². The molecule has 1 unspecified atom stereocenters. The van der Waals surface area contributed by atoms with Gasteiger partial charge in [0.2, 0.25) is 0 Å². The van der Waals surface area contributed by atoms with E-state index in [0.29, 0.717) is 16.3 Å². The zero-order chi connectivity index (χ0) is 26.4. The van der Waals surface area contributed by atoms with E-state index in [1.807, 2.05) is 48.5 Å². The Morgan fingerprint density at radius 1 is 0.865 bits per heavy atom. The van der Waals surface area contributed by atoms with E-state index < -0.39 is 29.1 Å². The fourth-order valence-corrected chi connectivity index (χ4v) is 4.74. The van der Waals surface area contributed by atoms with Crippen LogP contribution in [0.15, 0.2) is 102 Å². The van der Waals surface area contributed by atoms with E-state index >= 15 is 0 Å². The molecule has 0 saturated carbocycles. The minimum absolute atomic E-state index is 0.116. The smallest absolute Gasteiger partial charge is 0.416 e. The van der Waals surface area contributed by atoms with Gasteiger partial charge in [-0.15, -0.1) is 0 Å². The molecule has 0 fully saturated rings. The first kappa shape index (κ1) is 26.4. The van der Waals surface area contributed by atoms with E-state index in [2.05, 4.69) is 15.4 Å². The topological polar surface area (TPSA) is 76.2 Å². The number of alkyl halides is 3. The van der Waals surface area contributed by atoms with Crippen molar-refractivity contribution in [3.8, 4) is 11.1 Å². The number of carbonyl (C=O) groups is 1. The highest BCUT2D eigenvalue weighted by Gasteiger charge is 2.30. The third kappa shape index (κ3) is 6.97. The van der Waals surface area contributed by atoms with Crippen LogP contribution >= 0.6 is 11.6 Å². The van der Waals surface area contributed by atoms with Gasteiger partial charge in [-0.05, 0) is 65.7 Å². The normalized spacial score (nSPS) is 12.0. The minimum atomic E-state index is -4.51. The Kier molecular flexibility index (Phi) is 8.27. The molecule has 0 aliphatic rings. The number of amides is 2. The summed E-state index contributed by atoms with van der Waals surface area (Å²) in [5.41, 5.74) is 2.11. The maximum atomic E-state index is 13.0. The van der Waals surface area contributed by atoms with Crippen LogP contribution in [0.5, 0.6) is 0 Å². The van der Waals surface area contributed by atoms with Gasteiger partial charge in [0.25, 0.3) is 0 Å². The summed E-state index contributed by atoms with van der Waals surface area (Å²) in [6.07, 6.45) is -4.51. The molecule has 190 valence electrons. The molecule has 37 heavy (non-hydrogen) atoms. The quantitative estimate of drug-likeness (QED) is 0.211. The second-order valence-electron chi connectivity index (χ2n) is 7.92. The fourth-order valence-electron chi connectivity index (χ4n) is 3.51. The molecule has 0 radical (unpaired) electrons. The highest BCUT2D eigenvalue weighted by molar-refractivity contribution is 7.92. The molecule has 4 aromatic carbocycles. The van der Waals surface area contributed by atoms with Gasteiger partial charge in [-0.1, -0.05) is 54.1 Å². The maximum absolute atomic E-state index is 13.0. The molecule has 0 spiro atoms. The van der Waals surface area contributed by atoms with Gasteiger partial charge >= 0.3 is 12.2 Å². The Morgan fingerprint density at radius 2 is 1.51 bits per heavy atom. The lowest BCUT2D eigenvalue weighted by Crippen LogP contribution is -2.28. The molecule has 0 saturated heterocycles.